The quantitative estimate of drug-likeness (QED) is 0.563. The minimum absolute atomic E-state index is 0.251. The molecule has 7 nitrogen and oxygen atoms in total. The number of fused-ring (bicyclic) bond motifs is 2. The Morgan fingerprint density at radius 3 is 2.00 bits per heavy atom. The number of rotatable bonds is 4. The van der Waals surface area contributed by atoms with Crippen molar-refractivity contribution in [3.8, 4) is 11.5 Å². The van der Waals surface area contributed by atoms with Crippen LogP contribution in [0.4, 0.5) is 0 Å². The number of allylic oxidation sites excluding steroid dienone is 5. The highest BCUT2D eigenvalue weighted by molar-refractivity contribution is 5.99. The van der Waals surface area contributed by atoms with Gasteiger partial charge in [0.05, 0.1) is 11.8 Å². The van der Waals surface area contributed by atoms with Gasteiger partial charge in [0.2, 0.25) is 0 Å². The van der Waals surface area contributed by atoms with Crippen molar-refractivity contribution in [1.82, 2.24) is 0 Å². The van der Waals surface area contributed by atoms with E-state index >= 15 is 0 Å². The summed E-state index contributed by atoms with van der Waals surface area (Å²) in [6.45, 7) is 3.78. The average molecular weight is 404 g/mol. The third kappa shape index (κ3) is 2.95. The van der Waals surface area contributed by atoms with Gasteiger partial charge in [-0.25, -0.2) is 0 Å². The maximum atomic E-state index is 12.2. The number of hydrogen-bond donors (Lipinski definition) is 0. The predicted molar refractivity (Wildman–Crippen MR) is 102 cm³/mol. The Morgan fingerprint density at radius 2 is 1.33 bits per heavy atom. The number of esters is 3. The number of carbonyl (C=O) groups is 3. The van der Waals surface area contributed by atoms with Gasteiger partial charge in [0.25, 0.3) is 0 Å². The molecule has 0 amide bonds. The second-order valence-electron chi connectivity index (χ2n) is 7.22. The van der Waals surface area contributed by atoms with Gasteiger partial charge in [-0.15, -0.1) is 0 Å². The van der Waals surface area contributed by atoms with E-state index in [4.69, 9.17) is 18.9 Å². The minimum atomic E-state index is -0.793. The Kier molecular flexibility index (Phi) is 4.17. The van der Waals surface area contributed by atoms with Crippen LogP contribution in [0, 0.1) is 23.7 Å². The molecule has 0 N–H and O–H groups in total. The first-order valence-electron chi connectivity index (χ1n) is 9.40. The number of benzene rings is 1. The van der Waals surface area contributed by atoms with Gasteiger partial charge in [-0.2, -0.15) is 0 Å². The summed E-state index contributed by atoms with van der Waals surface area (Å²) in [5.41, 5.74) is 0. The van der Waals surface area contributed by atoms with E-state index in [0.29, 0.717) is 28.8 Å². The minimum Gasteiger partial charge on any atom is -0.461 e. The molecule has 2 aliphatic carbocycles. The van der Waals surface area contributed by atoms with Crippen LogP contribution < -0.4 is 9.47 Å². The highest BCUT2D eigenvalue weighted by Gasteiger charge is 2.47. The maximum Gasteiger partial charge on any atom is 0.325 e. The summed E-state index contributed by atoms with van der Waals surface area (Å²) in [6.07, 6.45) is 10.3. The van der Waals surface area contributed by atoms with E-state index in [9.17, 15) is 14.4 Å². The fourth-order valence-electron chi connectivity index (χ4n) is 3.92. The Hall–Kier alpha value is -3.87. The lowest BCUT2D eigenvalue weighted by molar-refractivity contribution is -0.153. The second-order valence-corrected chi connectivity index (χ2v) is 7.22. The molecule has 0 aromatic heterocycles. The van der Waals surface area contributed by atoms with Crippen molar-refractivity contribution in [3.63, 3.8) is 0 Å². The van der Waals surface area contributed by atoms with Gasteiger partial charge in [0.15, 0.2) is 0 Å². The van der Waals surface area contributed by atoms with Crippen LogP contribution >= 0.6 is 0 Å². The molecule has 0 radical (unpaired) electrons. The summed E-state index contributed by atoms with van der Waals surface area (Å²) in [7, 11) is 0. The van der Waals surface area contributed by atoms with Crippen LogP contribution in [0.5, 0.6) is 11.5 Å². The summed E-state index contributed by atoms with van der Waals surface area (Å²) >= 11 is 0. The zero-order chi connectivity index (χ0) is 20.8. The van der Waals surface area contributed by atoms with Crippen LogP contribution in [0.3, 0.4) is 0 Å². The van der Waals surface area contributed by atoms with Crippen molar-refractivity contribution in [2.45, 2.75) is 0 Å². The van der Waals surface area contributed by atoms with E-state index < -0.39 is 35.7 Å². The van der Waals surface area contributed by atoms with Crippen molar-refractivity contribution in [2.24, 2.45) is 23.7 Å². The van der Waals surface area contributed by atoms with Crippen molar-refractivity contribution < 1.29 is 33.3 Å². The van der Waals surface area contributed by atoms with E-state index in [0.717, 1.165) is 0 Å². The largest absolute Gasteiger partial charge is 0.461 e. The molecular formula is C23H16O7. The molecule has 150 valence electrons. The van der Waals surface area contributed by atoms with E-state index in [2.05, 4.69) is 6.58 Å². The zero-order valence-corrected chi connectivity index (χ0v) is 15.6. The molecule has 0 spiro atoms. The second kappa shape index (κ2) is 6.88. The monoisotopic (exact) mass is 404 g/mol. The number of ether oxygens (including phenoxy) is 4. The molecule has 2 heterocycles. The van der Waals surface area contributed by atoms with Crippen molar-refractivity contribution in [1.29, 1.82) is 0 Å². The van der Waals surface area contributed by atoms with Crippen molar-refractivity contribution in [3.05, 3.63) is 84.6 Å². The molecule has 7 heteroatoms. The first kappa shape index (κ1) is 18.2. The van der Waals surface area contributed by atoms with Crippen LogP contribution in [0.15, 0.2) is 84.6 Å². The molecule has 2 fully saturated rings. The van der Waals surface area contributed by atoms with Gasteiger partial charge in [-0.3, -0.25) is 14.4 Å². The molecule has 2 aliphatic heterocycles. The third-order valence-corrected chi connectivity index (χ3v) is 5.35. The van der Waals surface area contributed by atoms with E-state index in [1.807, 2.05) is 6.08 Å². The fourth-order valence-corrected chi connectivity index (χ4v) is 3.92. The lowest BCUT2D eigenvalue weighted by Gasteiger charge is -2.21. The molecular weight excluding hydrogens is 388 g/mol. The van der Waals surface area contributed by atoms with Crippen LogP contribution in [-0.2, 0) is 23.9 Å². The molecule has 0 bridgehead atoms. The Morgan fingerprint density at radius 1 is 0.767 bits per heavy atom. The maximum absolute atomic E-state index is 12.2. The molecule has 4 unspecified atom stereocenters. The first-order valence-corrected chi connectivity index (χ1v) is 9.40. The number of carbonyl (C=O) groups excluding carboxylic acids is 3. The van der Waals surface area contributed by atoms with Gasteiger partial charge >= 0.3 is 17.9 Å². The van der Waals surface area contributed by atoms with Gasteiger partial charge in [0, 0.05) is 6.07 Å². The van der Waals surface area contributed by atoms with E-state index in [-0.39, 0.29) is 5.92 Å². The molecule has 30 heavy (non-hydrogen) atoms. The summed E-state index contributed by atoms with van der Waals surface area (Å²) < 4.78 is 21.7. The molecule has 1 aromatic rings. The Bertz CT molecular complexity index is 1020. The Balaban J connectivity index is 1.35. The molecule has 2 saturated heterocycles. The van der Waals surface area contributed by atoms with E-state index in [1.54, 1.807) is 54.6 Å². The summed E-state index contributed by atoms with van der Waals surface area (Å²) in [4.78, 5) is 36.0. The van der Waals surface area contributed by atoms with Crippen LogP contribution in [-0.4, -0.2) is 17.9 Å². The average Bonchev–Trinajstić information content (AvgIpc) is 3.19. The normalized spacial score (nSPS) is 28.9. The number of hydrogen-bond acceptors (Lipinski definition) is 7. The highest BCUT2D eigenvalue weighted by Crippen LogP contribution is 2.40. The predicted octanol–water partition coefficient (Wildman–Crippen LogP) is 2.97. The molecule has 0 saturated carbocycles. The standard InChI is InChI=1S/C23H16O7/c1-12-15-7-3-9-17(19(15)22(25)27-12)28-13-5-2-6-14(11-13)29-18-10-4-8-16-20(18)23(26)30-21(16)24/h2-11,15-16,19-20H,1H2. The smallest absolute Gasteiger partial charge is 0.325 e. The lowest BCUT2D eigenvalue weighted by atomic mass is 9.88. The summed E-state index contributed by atoms with van der Waals surface area (Å²) in [5, 5.41) is 0. The number of cyclic esters (lactones) is 3. The lowest BCUT2D eigenvalue weighted by Crippen LogP contribution is -2.23. The SMILES string of the molecule is C=C1OC(=O)C2C(Oc3cccc(OC4=CC=CC5C(=O)OC(=O)C45)c3)=CC=CC12. The van der Waals surface area contributed by atoms with Crippen LogP contribution in [0.2, 0.25) is 0 Å². The van der Waals surface area contributed by atoms with Crippen LogP contribution in [0.1, 0.15) is 0 Å². The van der Waals surface area contributed by atoms with Crippen molar-refractivity contribution in [2.75, 3.05) is 0 Å². The Labute approximate surface area is 171 Å². The van der Waals surface area contributed by atoms with E-state index in [1.165, 1.54) is 0 Å². The van der Waals surface area contributed by atoms with Gasteiger partial charge < -0.3 is 18.9 Å². The van der Waals surface area contributed by atoms with Gasteiger partial charge in [-0.05, 0) is 24.3 Å². The zero-order valence-electron chi connectivity index (χ0n) is 15.6. The van der Waals surface area contributed by atoms with Gasteiger partial charge in [-0.1, -0.05) is 36.9 Å². The first-order chi connectivity index (χ1) is 14.5. The molecule has 5 rings (SSSR count). The van der Waals surface area contributed by atoms with Gasteiger partial charge in [0.1, 0.15) is 40.6 Å². The highest BCUT2D eigenvalue weighted by atomic mass is 16.6. The van der Waals surface area contributed by atoms with Crippen molar-refractivity contribution >= 4 is 17.9 Å². The van der Waals surface area contributed by atoms with Crippen LogP contribution in [0.25, 0.3) is 0 Å². The molecule has 1 aromatic carbocycles. The third-order valence-electron chi connectivity index (χ3n) is 5.35. The molecule has 4 atom stereocenters. The summed E-state index contributed by atoms with van der Waals surface area (Å²) in [5.74, 6) is -1.85. The molecule has 4 aliphatic rings. The topological polar surface area (TPSA) is 88.1 Å². The summed E-state index contributed by atoms with van der Waals surface area (Å²) in [6, 6.07) is 6.79. The fraction of sp³-hybridized carbons (Fsp3) is 0.174.